The summed E-state index contributed by atoms with van der Waals surface area (Å²) in [6, 6.07) is 21.7. The van der Waals surface area contributed by atoms with Gasteiger partial charge in [-0.25, -0.2) is 9.97 Å². The van der Waals surface area contributed by atoms with Crippen molar-refractivity contribution in [1.29, 1.82) is 0 Å². The largest absolute Gasteiger partial charge is 0.366 e. The summed E-state index contributed by atoms with van der Waals surface area (Å²) in [5.41, 5.74) is 14.2. The third-order valence-corrected chi connectivity index (χ3v) is 8.73. The number of aromatic amines is 1. The van der Waals surface area contributed by atoms with Gasteiger partial charge in [0.05, 0.1) is 16.6 Å². The van der Waals surface area contributed by atoms with Crippen molar-refractivity contribution < 1.29 is 9.59 Å². The molecule has 220 valence electrons. The van der Waals surface area contributed by atoms with Crippen LogP contribution in [0, 0.1) is 13.8 Å². The Morgan fingerprint density at radius 2 is 1.68 bits per heavy atom. The monoisotopic (exact) mass is 583 g/mol. The number of aromatic nitrogens is 3. The SMILES string of the molecule is Cc1ccc2c(Nc3cccc(-c4ccc(C(N)=O)c5[nH]c6cc(C(=O)N7CCN(C)CC7)ccc6c45)c3C)ncnc2c1. The lowest BCUT2D eigenvalue weighted by Gasteiger charge is -2.32. The summed E-state index contributed by atoms with van der Waals surface area (Å²) in [6.07, 6.45) is 1.57. The van der Waals surface area contributed by atoms with E-state index in [0.29, 0.717) is 29.7 Å². The third kappa shape index (κ3) is 4.71. The van der Waals surface area contributed by atoms with Gasteiger partial charge in [0.25, 0.3) is 11.8 Å². The molecule has 1 fully saturated rings. The fraction of sp³-hybridized carbons (Fsp3) is 0.200. The molecule has 0 spiro atoms. The van der Waals surface area contributed by atoms with Crippen LogP contribution in [0.5, 0.6) is 0 Å². The number of carbonyl (C=O) groups is 2. The van der Waals surface area contributed by atoms with Gasteiger partial charge in [-0.2, -0.15) is 0 Å². The number of H-pyrrole nitrogens is 1. The number of hydrogen-bond acceptors (Lipinski definition) is 6. The zero-order chi connectivity index (χ0) is 30.5. The molecule has 9 nitrogen and oxygen atoms in total. The highest BCUT2D eigenvalue weighted by atomic mass is 16.2. The maximum absolute atomic E-state index is 13.4. The van der Waals surface area contributed by atoms with Gasteiger partial charge in [-0.15, -0.1) is 0 Å². The molecule has 0 bridgehead atoms. The molecule has 0 saturated carbocycles. The maximum Gasteiger partial charge on any atom is 0.254 e. The van der Waals surface area contributed by atoms with Crippen LogP contribution in [0.25, 0.3) is 43.8 Å². The Balaban J connectivity index is 1.33. The minimum atomic E-state index is -0.514. The Bertz CT molecular complexity index is 2110. The van der Waals surface area contributed by atoms with E-state index in [0.717, 1.165) is 74.0 Å². The van der Waals surface area contributed by atoms with Crippen LogP contribution in [-0.4, -0.2) is 69.8 Å². The van der Waals surface area contributed by atoms with Crippen LogP contribution in [0.15, 0.2) is 73.1 Å². The van der Waals surface area contributed by atoms with Crippen molar-refractivity contribution in [2.24, 2.45) is 5.73 Å². The number of nitrogens with one attached hydrogen (secondary N) is 2. The highest BCUT2D eigenvalue weighted by molar-refractivity contribution is 6.20. The van der Waals surface area contributed by atoms with Crippen LogP contribution < -0.4 is 11.1 Å². The first-order chi connectivity index (χ1) is 21.3. The van der Waals surface area contributed by atoms with E-state index in [4.69, 9.17) is 5.73 Å². The Labute approximate surface area is 254 Å². The number of benzene rings is 4. The van der Waals surface area contributed by atoms with Gasteiger partial charge in [0, 0.05) is 59.1 Å². The third-order valence-electron chi connectivity index (χ3n) is 8.73. The topological polar surface area (TPSA) is 120 Å². The number of fused-ring (bicyclic) bond motifs is 4. The van der Waals surface area contributed by atoms with E-state index in [1.165, 1.54) is 0 Å². The Kier molecular flexibility index (Phi) is 6.74. The van der Waals surface area contributed by atoms with Crippen molar-refractivity contribution in [3.8, 4) is 11.1 Å². The van der Waals surface area contributed by atoms with E-state index in [2.05, 4.69) is 51.3 Å². The molecule has 4 N–H and O–H groups in total. The minimum absolute atomic E-state index is 0.0102. The number of carbonyl (C=O) groups excluding carboxylic acids is 2. The van der Waals surface area contributed by atoms with E-state index in [1.807, 2.05) is 60.4 Å². The average Bonchev–Trinajstić information content (AvgIpc) is 3.40. The summed E-state index contributed by atoms with van der Waals surface area (Å²) in [7, 11) is 2.07. The number of nitrogens with two attached hydrogens (primary N) is 1. The quantitative estimate of drug-likeness (QED) is 0.237. The minimum Gasteiger partial charge on any atom is -0.366 e. The number of rotatable bonds is 5. The summed E-state index contributed by atoms with van der Waals surface area (Å²) in [5.74, 6) is 0.227. The smallest absolute Gasteiger partial charge is 0.254 e. The zero-order valence-electron chi connectivity index (χ0n) is 24.9. The van der Waals surface area contributed by atoms with Crippen LogP contribution in [0.2, 0.25) is 0 Å². The molecule has 1 aliphatic heterocycles. The number of piperazine rings is 1. The highest BCUT2D eigenvalue weighted by Gasteiger charge is 2.23. The Morgan fingerprint density at radius 1 is 0.886 bits per heavy atom. The lowest BCUT2D eigenvalue weighted by Crippen LogP contribution is -2.47. The normalized spacial score (nSPS) is 14.0. The number of primary amides is 1. The molecule has 3 heterocycles. The first kappa shape index (κ1) is 27.5. The van der Waals surface area contributed by atoms with Crippen molar-refractivity contribution in [1.82, 2.24) is 24.8 Å². The molecule has 2 amide bonds. The lowest BCUT2D eigenvalue weighted by molar-refractivity contribution is 0.0664. The molecule has 0 radical (unpaired) electrons. The van der Waals surface area contributed by atoms with E-state index in [1.54, 1.807) is 12.4 Å². The van der Waals surface area contributed by atoms with Crippen LogP contribution in [-0.2, 0) is 0 Å². The Hall–Kier alpha value is -5.28. The molecule has 1 aliphatic rings. The molecule has 0 aliphatic carbocycles. The van der Waals surface area contributed by atoms with Crippen LogP contribution in [0.4, 0.5) is 11.5 Å². The first-order valence-electron chi connectivity index (χ1n) is 14.7. The van der Waals surface area contributed by atoms with Crippen LogP contribution in [0.1, 0.15) is 31.8 Å². The van der Waals surface area contributed by atoms with Gasteiger partial charge in [-0.05, 0) is 79.5 Å². The van der Waals surface area contributed by atoms with Gasteiger partial charge >= 0.3 is 0 Å². The summed E-state index contributed by atoms with van der Waals surface area (Å²) >= 11 is 0. The van der Waals surface area contributed by atoms with Crippen molar-refractivity contribution >= 4 is 56.0 Å². The van der Waals surface area contributed by atoms with Crippen LogP contribution in [0.3, 0.4) is 0 Å². The lowest BCUT2D eigenvalue weighted by atomic mass is 9.93. The second-order valence-corrected chi connectivity index (χ2v) is 11.6. The molecule has 4 aromatic carbocycles. The molecule has 44 heavy (non-hydrogen) atoms. The van der Waals surface area contributed by atoms with Crippen LogP contribution >= 0.6 is 0 Å². The highest BCUT2D eigenvalue weighted by Crippen LogP contribution is 2.40. The summed E-state index contributed by atoms with van der Waals surface area (Å²) in [6.45, 7) is 7.22. The van der Waals surface area contributed by atoms with E-state index < -0.39 is 5.91 Å². The molecule has 2 aromatic heterocycles. The van der Waals surface area contributed by atoms with E-state index >= 15 is 0 Å². The number of hydrogen-bond donors (Lipinski definition) is 3. The van der Waals surface area contributed by atoms with Crippen molar-refractivity contribution in [3.05, 3.63) is 95.3 Å². The number of amides is 2. The predicted molar refractivity (Wildman–Crippen MR) is 175 cm³/mol. The van der Waals surface area contributed by atoms with E-state index in [-0.39, 0.29) is 5.91 Å². The standard InChI is InChI=1S/C35H33N7O2/c1-20-7-9-26-29(17-20)37-19-38-34(26)40-28-6-4-5-23(21(28)2)24-11-12-27(33(36)43)32-31(24)25-10-8-22(18-30(25)39-32)35(44)42-15-13-41(3)14-16-42/h4-12,17-19,39H,13-16H2,1-3H3,(H2,36,43)(H,37,38,40). The van der Waals surface area contributed by atoms with Gasteiger partial charge in [0.1, 0.15) is 12.1 Å². The summed E-state index contributed by atoms with van der Waals surface area (Å²) in [4.78, 5) is 42.4. The molecule has 0 atom stereocenters. The fourth-order valence-corrected chi connectivity index (χ4v) is 6.22. The molecule has 0 unspecified atom stereocenters. The molecule has 9 heteroatoms. The Morgan fingerprint density at radius 3 is 2.48 bits per heavy atom. The van der Waals surface area contributed by atoms with Gasteiger partial charge in [-0.1, -0.05) is 30.3 Å². The van der Waals surface area contributed by atoms with Crippen molar-refractivity contribution in [3.63, 3.8) is 0 Å². The number of nitrogens with zero attached hydrogens (tertiary/aromatic N) is 4. The van der Waals surface area contributed by atoms with Gasteiger partial charge in [-0.3, -0.25) is 9.59 Å². The van der Waals surface area contributed by atoms with Gasteiger partial charge in [0.15, 0.2) is 0 Å². The number of aryl methyl sites for hydroxylation is 1. The zero-order valence-corrected chi connectivity index (χ0v) is 24.9. The van der Waals surface area contributed by atoms with Crippen molar-refractivity contribution in [2.75, 3.05) is 38.5 Å². The summed E-state index contributed by atoms with van der Waals surface area (Å²) in [5, 5.41) is 6.28. The fourth-order valence-electron chi connectivity index (χ4n) is 6.22. The van der Waals surface area contributed by atoms with Crippen molar-refractivity contribution in [2.45, 2.75) is 13.8 Å². The molecule has 1 saturated heterocycles. The second kappa shape index (κ2) is 10.8. The first-order valence-corrected chi connectivity index (χ1v) is 14.7. The van der Waals surface area contributed by atoms with E-state index in [9.17, 15) is 9.59 Å². The molecule has 7 rings (SSSR count). The summed E-state index contributed by atoms with van der Waals surface area (Å²) < 4.78 is 0. The van der Waals surface area contributed by atoms with Gasteiger partial charge < -0.3 is 25.8 Å². The number of likely N-dealkylation sites (N-methyl/N-ethyl adjacent to an activating group) is 1. The molecular weight excluding hydrogens is 550 g/mol. The second-order valence-electron chi connectivity index (χ2n) is 11.6. The molecular formula is C35H33N7O2. The number of anilines is 2. The predicted octanol–water partition coefficient (Wildman–Crippen LogP) is 5.78. The van der Waals surface area contributed by atoms with Gasteiger partial charge in [0.2, 0.25) is 0 Å². The average molecular weight is 584 g/mol. The molecule has 6 aromatic rings. The maximum atomic E-state index is 13.4.